The second-order valence-electron chi connectivity index (χ2n) is 6.53. The second kappa shape index (κ2) is 4.84. The summed E-state index contributed by atoms with van der Waals surface area (Å²) in [5.41, 5.74) is 12.5. The van der Waals surface area contributed by atoms with Crippen LogP contribution in [0.5, 0.6) is 0 Å². The Morgan fingerprint density at radius 1 is 0.867 bits per heavy atom. The average Bonchev–Trinajstić information content (AvgIpc) is 2.01. The van der Waals surface area contributed by atoms with Gasteiger partial charge in [-0.05, 0) is 44.9 Å². The Bertz CT molecular complexity index is 187. The van der Waals surface area contributed by atoms with Gasteiger partial charge in [-0.2, -0.15) is 0 Å². The molecular weight excluding hydrogens is 184 g/mol. The first-order valence-corrected chi connectivity index (χ1v) is 6.10. The summed E-state index contributed by atoms with van der Waals surface area (Å²) in [6.45, 7) is 13.0. The molecule has 0 radical (unpaired) electrons. The molecule has 0 aromatic rings. The largest absolute Gasteiger partial charge is 0.325 e. The van der Waals surface area contributed by atoms with Crippen LogP contribution in [0.2, 0.25) is 0 Å². The van der Waals surface area contributed by atoms with Crippen LogP contribution in [-0.4, -0.2) is 11.1 Å². The van der Waals surface area contributed by atoms with Gasteiger partial charge in [0.2, 0.25) is 0 Å². The number of rotatable bonds is 5. The zero-order chi connectivity index (χ0) is 12.3. The zero-order valence-corrected chi connectivity index (χ0v) is 11.5. The summed E-state index contributed by atoms with van der Waals surface area (Å²) in [6.07, 6.45) is 4.25. The highest BCUT2D eigenvalue weighted by Crippen LogP contribution is 2.32. The first-order chi connectivity index (χ1) is 6.52. The monoisotopic (exact) mass is 214 g/mol. The highest BCUT2D eigenvalue weighted by molar-refractivity contribution is 4.91. The molecule has 0 aromatic heterocycles. The van der Waals surface area contributed by atoms with Gasteiger partial charge in [0.25, 0.3) is 0 Å². The van der Waals surface area contributed by atoms with Gasteiger partial charge in [-0.1, -0.05) is 27.7 Å². The van der Waals surface area contributed by atoms with E-state index < -0.39 is 0 Å². The lowest BCUT2D eigenvalue weighted by atomic mass is 9.72. The second-order valence-corrected chi connectivity index (χ2v) is 6.53. The van der Waals surface area contributed by atoms with Gasteiger partial charge in [0.05, 0.1) is 0 Å². The van der Waals surface area contributed by atoms with Crippen LogP contribution in [0.4, 0.5) is 0 Å². The molecule has 0 aromatic carbocycles. The maximum atomic E-state index is 6.32. The van der Waals surface area contributed by atoms with E-state index in [1.807, 2.05) is 0 Å². The van der Waals surface area contributed by atoms with E-state index in [-0.39, 0.29) is 16.5 Å². The third-order valence-corrected chi connectivity index (χ3v) is 3.97. The first-order valence-electron chi connectivity index (χ1n) is 6.10. The summed E-state index contributed by atoms with van der Waals surface area (Å²) in [5, 5.41) is 0. The Morgan fingerprint density at radius 3 is 1.67 bits per heavy atom. The molecule has 2 heteroatoms. The van der Waals surface area contributed by atoms with Crippen molar-refractivity contribution in [3.8, 4) is 0 Å². The van der Waals surface area contributed by atoms with Crippen molar-refractivity contribution < 1.29 is 0 Å². The lowest BCUT2D eigenvalue weighted by Crippen LogP contribution is -2.48. The van der Waals surface area contributed by atoms with Crippen LogP contribution in [0.3, 0.4) is 0 Å². The fourth-order valence-electron chi connectivity index (χ4n) is 1.41. The van der Waals surface area contributed by atoms with Crippen molar-refractivity contribution in [3.63, 3.8) is 0 Å². The van der Waals surface area contributed by atoms with Crippen LogP contribution in [-0.2, 0) is 0 Å². The lowest BCUT2D eigenvalue weighted by Gasteiger charge is -2.39. The van der Waals surface area contributed by atoms with Crippen molar-refractivity contribution in [2.75, 3.05) is 0 Å². The van der Waals surface area contributed by atoms with Crippen LogP contribution < -0.4 is 11.5 Å². The van der Waals surface area contributed by atoms with E-state index in [1.54, 1.807) is 0 Å². The van der Waals surface area contributed by atoms with Gasteiger partial charge in [-0.3, -0.25) is 0 Å². The number of hydrogen-bond donors (Lipinski definition) is 2. The maximum absolute atomic E-state index is 6.32. The Kier molecular flexibility index (Phi) is 4.81. The summed E-state index contributed by atoms with van der Waals surface area (Å²) in [7, 11) is 0. The Balaban J connectivity index is 4.07. The predicted octanol–water partition coefficient (Wildman–Crippen LogP) is 3.05. The highest BCUT2D eigenvalue weighted by Gasteiger charge is 2.33. The molecule has 0 rings (SSSR count). The molecular formula is C13H30N2. The molecule has 0 saturated heterocycles. The first kappa shape index (κ1) is 14.9. The van der Waals surface area contributed by atoms with Gasteiger partial charge in [0.15, 0.2) is 0 Å². The third-order valence-electron chi connectivity index (χ3n) is 3.97. The predicted molar refractivity (Wildman–Crippen MR) is 68.8 cm³/mol. The molecule has 2 unspecified atom stereocenters. The molecule has 0 heterocycles. The molecule has 15 heavy (non-hydrogen) atoms. The van der Waals surface area contributed by atoms with E-state index in [0.29, 0.717) is 0 Å². The van der Waals surface area contributed by atoms with Gasteiger partial charge in [-0.25, -0.2) is 0 Å². The van der Waals surface area contributed by atoms with Gasteiger partial charge in [-0.15, -0.1) is 0 Å². The van der Waals surface area contributed by atoms with Crippen molar-refractivity contribution in [1.82, 2.24) is 0 Å². The lowest BCUT2D eigenvalue weighted by molar-refractivity contribution is 0.185. The molecule has 0 aliphatic heterocycles. The minimum Gasteiger partial charge on any atom is -0.325 e. The average molecular weight is 214 g/mol. The summed E-state index contributed by atoms with van der Waals surface area (Å²) in [6, 6.07) is 0. The van der Waals surface area contributed by atoms with Crippen molar-refractivity contribution in [3.05, 3.63) is 0 Å². The molecule has 0 amide bonds. The third kappa shape index (κ3) is 4.98. The molecule has 92 valence electrons. The summed E-state index contributed by atoms with van der Waals surface area (Å²) < 4.78 is 0. The molecule has 0 bridgehead atoms. The van der Waals surface area contributed by atoms with E-state index in [4.69, 9.17) is 11.5 Å². The van der Waals surface area contributed by atoms with Gasteiger partial charge >= 0.3 is 0 Å². The molecule has 2 nitrogen and oxygen atoms in total. The summed E-state index contributed by atoms with van der Waals surface area (Å²) in [5.74, 6) is 0. The van der Waals surface area contributed by atoms with E-state index >= 15 is 0 Å². The molecule has 2 atom stereocenters. The smallest absolute Gasteiger partial charge is 0.0174 e. The van der Waals surface area contributed by atoms with Crippen molar-refractivity contribution >= 4 is 0 Å². The minimum atomic E-state index is -0.100. The highest BCUT2D eigenvalue weighted by atomic mass is 14.8. The van der Waals surface area contributed by atoms with E-state index in [9.17, 15) is 0 Å². The standard InChI is InChI=1S/C13H30N2/c1-7-12(5,14)9-8-10-13(6,15)11(2,3)4/h7-10,14-15H2,1-6H3. The molecule has 4 N–H and O–H groups in total. The molecule has 0 aliphatic rings. The number of nitrogens with two attached hydrogens (primary N) is 2. The van der Waals surface area contributed by atoms with Gasteiger partial charge in [0, 0.05) is 11.1 Å². The summed E-state index contributed by atoms with van der Waals surface area (Å²) >= 11 is 0. The number of hydrogen-bond acceptors (Lipinski definition) is 2. The Morgan fingerprint density at radius 2 is 1.33 bits per heavy atom. The molecule has 0 aliphatic carbocycles. The normalized spacial score (nSPS) is 20.8. The zero-order valence-electron chi connectivity index (χ0n) is 11.5. The van der Waals surface area contributed by atoms with Crippen molar-refractivity contribution in [2.24, 2.45) is 16.9 Å². The van der Waals surface area contributed by atoms with Crippen LogP contribution >= 0.6 is 0 Å². The van der Waals surface area contributed by atoms with Crippen LogP contribution in [0.25, 0.3) is 0 Å². The van der Waals surface area contributed by atoms with E-state index in [2.05, 4.69) is 41.5 Å². The van der Waals surface area contributed by atoms with Crippen molar-refractivity contribution in [1.29, 1.82) is 0 Å². The Hall–Kier alpha value is -0.0800. The van der Waals surface area contributed by atoms with E-state index in [0.717, 1.165) is 25.7 Å². The van der Waals surface area contributed by atoms with Crippen LogP contribution in [0.1, 0.15) is 67.2 Å². The van der Waals surface area contributed by atoms with Crippen molar-refractivity contribution in [2.45, 2.75) is 78.3 Å². The molecule has 0 spiro atoms. The Labute approximate surface area is 95.8 Å². The van der Waals surface area contributed by atoms with Crippen LogP contribution in [0, 0.1) is 5.41 Å². The molecule has 0 saturated carbocycles. The van der Waals surface area contributed by atoms with Gasteiger partial charge in [0.1, 0.15) is 0 Å². The SMILES string of the molecule is CCC(C)(N)CCCC(C)(N)C(C)(C)C. The fraction of sp³-hybridized carbons (Fsp3) is 1.00. The fourth-order valence-corrected chi connectivity index (χ4v) is 1.41. The topological polar surface area (TPSA) is 52.0 Å². The van der Waals surface area contributed by atoms with E-state index in [1.165, 1.54) is 0 Å². The minimum absolute atomic E-state index is 0.0199. The van der Waals surface area contributed by atoms with Crippen LogP contribution in [0.15, 0.2) is 0 Å². The molecule has 0 fully saturated rings. The quantitative estimate of drug-likeness (QED) is 0.739. The summed E-state index contributed by atoms with van der Waals surface area (Å²) in [4.78, 5) is 0. The maximum Gasteiger partial charge on any atom is 0.0174 e. The van der Waals surface area contributed by atoms with Gasteiger partial charge < -0.3 is 11.5 Å².